The van der Waals surface area contributed by atoms with Gasteiger partial charge in [-0.25, -0.2) is 0 Å². The summed E-state index contributed by atoms with van der Waals surface area (Å²) >= 11 is 0. The van der Waals surface area contributed by atoms with Gasteiger partial charge in [0.1, 0.15) is 0 Å². The molecule has 1 heterocycles. The van der Waals surface area contributed by atoms with E-state index >= 15 is 0 Å². The van der Waals surface area contributed by atoms with Gasteiger partial charge in [-0.1, -0.05) is 30.9 Å². The third kappa shape index (κ3) is 3.19. The second-order valence-electron chi connectivity index (χ2n) is 6.22. The van der Waals surface area contributed by atoms with Crippen molar-refractivity contribution in [1.29, 1.82) is 0 Å². The van der Waals surface area contributed by atoms with Gasteiger partial charge in [-0.05, 0) is 26.9 Å². The third-order valence-corrected chi connectivity index (χ3v) is 4.77. The fraction of sp³-hybridized carbons (Fsp3) is 0.857. The molecule has 0 spiro atoms. The second-order valence-corrected chi connectivity index (χ2v) is 6.22. The van der Waals surface area contributed by atoms with Crippen molar-refractivity contribution in [3.8, 4) is 0 Å². The van der Waals surface area contributed by atoms with Crippen LogP contribution in [0.3, 0.4) is 0 Å². The van der Waals surface area contributed by atoms with Crippen LogP contribution in [-0.2, 0) is 13.5 Å². The highest BCUT2D eigenvalue weighted by atomic mass is 15.4. The zero-order chi connectivity index (χ0) is 14.6. The summed E-state index contributed by atoms with van der Waals surface area (Å²) in [6.45, 7) is 0. The largest absolute Gasteiger partial charge is 0.302 e. The van der Waals surface area contributed by atoms with Gasteiger partial charge in [0.25, 0.3) is 0 Å². The van der Waals surface area contributed by atoms with Crippen LogP contribution in [0.1, 0.15) is 44.2 Å². The molecule has 1 aliphatic carbocycles. The average Bonchev–Trinajstić information content (AvgIpc) is 2.68. The molecule has 114 valence electrons. The van der Waals surface area contributed by atoms with Crippen LogP contribution in [0, 0.1) is 0 Å². The molecule has 20 heavy (non-hydrogen) atoms. The van der Waals surface area contributed by atoms with E-state index in [0.29, 0.717) is 0 Å². The van der Waals surface area contributed by atoms with Crippen molar-refractivity contribution in [3.63, 3.8) is 0 Å². The van der Waals surface area contributed by atoms with Crippen LogP contribution in [0.25, 0.3) is 0 Å². The highest BCUT2D eigenvalue weighted by Gasteiger charge is 2.40. The van der Waals surface area contributed by atoms with Gasteiger partial charge < -0.3 is 4.90 Å². The Balaban J connectivity index is 2.19. The summed E-state index contributed by atoms with van der Waals surface area (Å²) in [5, 5.41) is 8.23. The molecule has 1 atom stereocenters. The van der Waals surface area contributed by atoms with Gasteiger partial charge in [0.2, 0.25) is 0 Å². The van der Waals surface area contributed by atoms with E-state index in [1.165, 1.54) is 38.5 Å². The van der Waals surface area contributed by atoms with Gasteiger partial charge in [-0.3, -0.25) is 16.0 Å². The Hall–Kier alpha value is -0.980. The fourth-order valence-electron chi connectivity index (χ4n) is 3.55. The lowest BCUT2D eigenvalue weighted by Gasteiger charge is -2.45. The summed E-state index contributed by atoms with van der Waals surface area (Å²) in [5.74, 6) is 5.90. The molecule has 0 radical (unpaired) electrons. The lowest BCUT2D eigenvalue weighted by molar-refractivity contribution is 0.0797. The first-order valence-corrected chi connectivity index (χ1v) is 7.57. The van der Waals surface area contributed by atoms with E-state index in [0.717, 1.165) is 12.1 Å². The van der Waals surface area contributed by atoms with Gasteiger partial charge in [-0.15, -0.1) is 5.10 Å². The van der Waals surface area contributed by atoms with Crippen LogP contribution in [0.2, 0.25) is 0 Å². The van der Waals surface area contributed by atoms with Crippen LogP contribution in [0.5, 0.6) is 0 Å². The van der Waals surface area contributed by atoms with Crippen LogP contribution in [-0.4, -0.2) is 45.6 Å². The molecule has 1 unspecified atom stereocenters. The first-order chi connectivity index (χ1) is 9.58. The van der Waals surface area contributed by atoms with Crippen LogP contribution in [0.4, 0.5) is 0 Å². The first kappa shape index (κ1) is 15.4. The van der Waals surface area contributed by atoms with Gasteiger partial charge in [0.15, 0.2) is 0 Å². The van der Waals surface area contributed by atoms with E-state index in [4.69, 9.17) is 5.84 Å². The Kier molecular flexibility index (Phi) is 5.12. The third-order valence-electron chi connectivity index (χ3n) is 4.77. The molecule has 0 aliphatic heterocycles. The van der Waals surface area contributed by atoms with Gasteiger partial charge in [0.05, 0.1) is 5.69 Å². The lowest BCUT2D eigenvalue weighted by atomic mass is 9.79. The number of nitrogens with one attached hydrogen (secondary N) is 1. The minimum Gasteiger partial charge on any atom is -0.302 e. The summed E-state index contributed by atoms with van der Waals surface area (Å²) in [4.78, 5) is 2.36. The maximum atomic E-state index is 5.90. The number of aromatic nitrogens is 3. The molecule has 1 aromatic heterocycles. The van der Waals surface area contributed by atoms with Crippen molar-refractivity contribution in [1.82, 2.24) is 25.3 Å². The van der Waals surface area contributed by atoms with Crippen molar-refractivity contribution < 1.29 is 0 Å². The average molecular weight is 280 g/mol. The van der Waals surface area contributed by atoms with E-state index in [9.17, 15) is 0 Å². The highest BCUT2D eigenvalue weighted by molar-refractivity contribution is 5.06. The van der Waals surface area contributed by atoms with E-state index in [1.54, 1.807) is 4.68 Å². The Morgan fingerprint density at radius 1 is 1.35 bits per heavy atom. The molecular formula is C14H28N6. The smallest absolute Gasteiger partial charge is 0.0843 e. The fourth-order valence-corrected chi connectivity index (χ4v) is 3.55. The molecule has 1 aliphatic rings. The number of nitrogens with two attached hydrogens (primary N) is 1. The quantitative estimate of drug-likeness (QED) is 0.475. The molecular weight excluding hydrogens is 252 g/mol. The monoisotopic (exact) mass is 280 g/mol. The lowest BCUT2D eigenvalue weighted by Crippen LogP contribution is -2.61. The molecule has 0 aromatic carbocycles. The van der Waals surface area contributed by atoms with Crippen molar-refractivity contribution in [2.24, 2.45) is 12.9 Å². The van der Waals surface area contributed by atoms with Crippen LogP contribution in [0.15, 0.2) is 6.20 Å². The summed E-state index contributed by atoms with van der Waals surface area (Å²) in [5.41, 5.74) is 4.18. The highest BCUT2D eigenvalue weighted by Crippen LogP contribution is 2.34. The van der Waals surface area contributed by atoms with Gasteiger partial charge >= 0.3 is 0 Å². The summed E-state index contributed by atoms with van der Waals surface area (Å²) in [6, 6.07) is 0.201. The standard InChI is InChI=1S/C14H28N6/c1-19(2)14(8-6-4-5-7-9-14)13(16-15)10-12-11-20(3)18-17-12/h11,13,16H,4-10,15H2,1-3H3. The van der Waals surface area contributed by atoms with Crippen LogP contribution < -0.4 is 11.3 Å². The molecule has 6 heteroatoms. The summed E-state index contributed by atoms with van der Waals surface area (Å²) in [6.07, 6.45) is 10.4. The van der Waals surface area contributed by atoms with E-state index in [2.05, 4.69) is 34.7 Å². The molecule has 0 amide bonds. The zero-order valence-electron chi connectivity index (χ0n) is 13.0. The molecule has 3 N–H and O–H groups in total. The summed E-state index contributed by atoms with van der Waals surface area (Å²) < 4.78 is 1.75. The Morgan fingerprint density at radius 3 is 2.45 bits per heavy atom. The minimum absolute atomic E-state index is 0.114. The number of hydrogen-bond acceptors (Lipinski definition) is 5. The van der Waals surface area contributed by atoms with Crippen molar-refractivity contribution in [3.05, 3.63) is 11.9 Å². The maximum Gasteiger partial charge on any atom is 0.0843 e. The Bertz CT molecular complexity index is 406. The van der Waals surface area contributed by atoms with E-state index in [1.807, 2.05) is 13.2 Å². The van der Waals surface area contributed by atoms with Crippen molar-refractivity contribution in [2.45, 2.75) is 56.5 Å². The number of rotatable bonds is 5. The predicted molar refractivity (Wildman–Crippen MR) is 79.9 cm³/mol. The normalized spacial score (nSPS) is 20.9. The van der Waals surface area contributed by atoms with E-state index in [-0.39, 0.29) is 11.6 Å². The van der Waals surface area contributed by atoms with Crippen LogP contribution >= 0.6 is 0 Å². The molecule has 2 rings (SSSR count). The van der Waals surface area contributed by atoms with Gasteiger partial charge in [-0.2, -0.15) is 0 Å². The molecule has 1 saturated carbocycles. The number of nitrogens with zero attached hydrogens (tertiary/aromatic N) is 4. The van der Waals surface area contributed by atoms with Crippen molar-refractivity contribution >= 4 is 0 Å². The number of aryl methyl sites for hydroxylation is 1. The molecule has 1 fully saturated rings. The predicted octanol–water partition coefficient (Wildman–Crippen LogP) is 0.844. The number of likely N-dealkylation sites (N-methyl/N-ethyl adjacent to an activating group) is 1. The second kappa shape index (κ2) is 6.65. The maximum absolute atomic E-state index is 5.90. The first-order valence-electron chi connectivity index (χ1n) is 7.57. The zero-order valence-corrected chi connectivity index (χ0v) is 13.0. The molecule has 6 nitrogen and oxygen atoms in total. The SMILES string of the molecule is CN(C)C1(C(Cc2cn(C)nn2)NN)CCCCCC1. The topological polar surface area (TPSA) is 72.0 Å². The summed E-state index contributed by atoms with van der Waals surface area (Å²) in [7, 11) is 6.24. The molecule has 1 aromatic rings. The minimum atomic E-state index is 0.114. The Labute approximate surface area is 121 Å². The molecule has 0 saturated heterocycles. The van der Waals surface area contributed by atoms with Gasteiger partial charge in [0, 0.05) is 31.2 Å². The number of hydrazine groups is 1. The Morgan fingerprint density at radius 2 is 2.00 bits per heavy atom. The van der Waals surface area contributed by atoms with Crippen molar-refractivity contribution in [2.75, 3.05) is 14.1 Å². The molecule has 0 bridgehead atoms. The van der Waals surface area contributed by atoms with E-state index < -0.39 is 0 Å². The number of hydrogen-bond donors (Lipinski definition) is 2.